The molecule has 4 heteroatoms. The van der Waals surface area contributed by atoms with Crippen LogP contribution in [0.5, 0.6) is 0 Å². The van der Waals surface area contributed by atoms with E-state index in [1.54, 1.807) is 0 Å². The number of aryl methyl sites for hydroxylation is 1. The summed E-state index contributed by atoms with van der Waals surface area (Å²) >= 11 is 0. The quantitative estimate of drug-likeness (QED) is 0.802. The summed E-state index contributed by atoms with van der Waals surface area (Å²) in [6.45, 7) is 6.78. The molecule has 0 aliphatic carbocycles. The average Bonchev–Trinajstić information content (AvgIpc) is 2.37. The summed E-state index contributed by atoms with van der Waals surface area (Å²) in [7, 11) is 4.04. The molecule has 106 valence electrons. The van der Waals surface area contributed by atoms with Gasteiger partial charge in [0.2, 0.25) is 0 Å². The molecule has 0 fully saturated rings. The number of hydrogen-bond donors (Lipinski definition) is 1. The number of anilines is 2. The van der Waals surface area contributed by atoms with Crippen LogP contribution in [0.3, 0.4) is 0 Å². The van der Waals surface area contributed by atoms with Crippen LogP contribution in [0, 0.1) is 12.8 Å². The van der Waals surface area contributed by atoms with Crippen LogP contribution in [0.25, 0.3) is 0 Å². The van der Waals surface area contributed by atoms with E-state index in [0.29, 0.717) is 13.2 Å². The summed E-state index contributed by atoms with van der Waals surface area (Å²) in [5, 5.41) is 3.28. The summed E-state index contributed by atoms with van der Waals surface area (Å²) in [5.74, 6) is -0.306. The molecule has 4 nitrogen and oxygen atoms in total. The summed E-state index contributed by atoms with van der Waals surface area (Å²) in [6.07, 6.45) is 0. The third-order valence-corrected chi connectivity index (χ3v) is 2.99. The molecule has 19 heavy (non-hydrogen) atoms. The molecule has 0 radical (unpaired) electrons. The minimum atomic E-state index is -0.157. The molecule has 1 rings (SSSR count). The van der Waals surface area contributed by atoms with Gasteiger partial charge in [0.15, 0.2) is 0 Å². The fourth-order valence-electron chi connectivity index (χ4n) is 1.84. The van der Waals surface area contributed by atoms with E-state index in [0.717, 1.165) is 5.69 Å². The smallest absolute Gasteiger partial charge is 0.310 e. The van der Waals surface area contributed by atoms with E-state index in [4.69, 9.17) is 4.74 Å². The Balaban J connectivity index is 2.63. The first kappa shape index (κ1) is 15.3. The molecule has 0 aliphatic heterocycles. The Morgan fingerprint density at radius 1 is 1.42 bits per heavy atom. The SMILES string of the molecule is CCOC(=O)C(C)CNc1ccc(C)c(N(C)C)c1. The van der Waals surface area contributed by atoms with Gasteiger partial charge in [-0.1, -0.05) is 13.0 Å². The number of nitrogens with one attached hydrogen (secondary N) is 1. The van der Waals surface area contributed by atoms with Gasteiger partial charge in [0.05, 0.1) is 12.5 Å². The fourth-order valence-corrected chi connectivity index (χ4v) is 1.84. The minimum absolute atomic E-state index is 0.149. The lowest BCUT2D eigenvalue weighted by Gasteiger charge is -2.18. The average molecular weight is 264 g/mol. The van der Waals surface area contributed by atoms with E-state index < -0.39 is 0 Å². The zero-order valence-corrected chi connectivity index (χ0v) is 12.5. The second-order valence-corrected chi connectivity index (χ2v) is 4.93. The number of esters is 1. The van der Waals surface area contributed by atoms with Crippen molar-refractivity contribution in [2.24, 2.45) is 5.92 Å². The van der Waals surface area contributed by atoms with Crippen molar-refractivity contribution in [1.82, 2.24) is 0 Å². The summed E-state index contributed by atoms with van der Waals surface area (Å²) in [4.78, 5) is 13.6. The predicted octanol–water partition coefficient (Wildman–Crippen LogP) is 2.67. The number of benzene rings is 1. The maximum atomic E-state index is 11.5. The third kappa shape index (κ3) is 4.47. The van der Waals surface area contributed by atoms with Crippen molar-refractivity contribution in [3.8, 4) is 0 Å². The van der Waals surface area contributed by atoms with Gasteiger partial charge in [0.1, 0.15) is 0 Å². The number of carbonyl (C=O) groups excluding carboxylic acids is 1. The molecule has 0 spiro atoms. The Labute approximate surface area is 115 Å². The van der Waals surface area contributed by atoms with Gasteiger partial charge in [-0.3, -0.25) is 4.79 Å². The monoisotopic (exact) mass is 264 g/mol. The summed E-state index contributed by atoms with van der Waals surface area (Å²) in [5.41, 5.74) is 3.42. The van der Waals surface area contributed by atoms with Gasteiger partial charge >= 0.3 is 5.97 Å². The maximum Gasteiger partial charge on any atom is 0.310 e. The molecule has 0 bridgehead atoms. The van der Waals surface area contributed by atoms with Crippen molar-refractivity contribution in [3.05, 3.63) is 23.8 Å². The Hall–Kier alpha value is -1.71. The van der Waals surface area contributed by atoms with Crippen LogP contribution in [-0.4, -0.2) is 33.2 Å². The van der Waals surface area contributed by atoms with Crippen LogP contribution in [0.1, 0.15) is 19.4 Å². The molecule has 1 aromatic rings. The Morgan fingerprint density at radius 2 is 2.11 bits per heavy atom. The first-order valence-electron chi connectivity index (χ1n) is 6.64. The maximum absolute atomic E-state index is 11.5. The van der Waals surface area contributed by atoms with E-state index in [1.165, 1.54) is 11.3 Å². The minimum Gasteiger partial charge on any atom is -0.466 e. The Morgan fingerprint density at radius 3 is 2.68 bits per heavy atom. The zero-order valence-electron chi connectivity index (χ0n) is 12.5. The first-order chi connectivity index (χ1) is 8.95. The normalized spacial score (nSPS) is 11.8. The number of ether oxygens (including phenoxy) is 1. The van der Waals surface area contributed by atoms with E-state index in [2.05, 4.69) is 29.3 Å². The van der Waals surface area contributed by atoms with E-state index in [-0.39, 0.29) is 11.9 Å². The molecule has 1 N–H and O–H groups in total. The van der Waals surface area contributed by atoms with Crippen molar-refractivity contribution < 1.29 is 9.53 Å². The van der Waals surface area contributed by atoms with Crippen molar-refractivity contribution in [2.75, 3.05) is 37.5 Å². The molecule has 0 heterocycles. The highest BCUT2D eigenvalue weighted by atomic mass is 16.5. The van der Waals surface area contributed by atoms with Crippen molar-refractivity contribution in [2.45, 2.75) is 20.8 Å². The number of hydrogen-bond acceptors (Lipinski definition) is 4. The Kier molecular flexibility index (Phi) is 5.67. The fraction of sp³-hybridized carbons (Fsp3) is 0.533. The van der Waals surface area contributed by atoms with Crippen LogP contribution < -0.4 is 10.2 Å². The van der Waals surface area contributed by atoms with Crippen LogP contribution >= 0.6 is 0 Å². The second kappa shape index (κ2) is 7.02. The molecule has 0 saturated carbocycles. The molecular formula is C15H24N2O2. The highest BCUT2D eigenvalue weighted by molar-refractivity contribution is 5.73. The lowest BCUT2D eigenvalue weighted by molar-refractivity contribution is -0.146. The van der Waals surface area contributed by atoms with Crippen molar-refractivity contribution in [1.29, 1.82) is 0 Å². The summed E-state index contributed by atoms with van der Waals surface area (Å²) < 4.78 is 4.99. The number of nitrogens with zero attached hydrogens (tertiary/aromatic N) is 1. The third-order valence-electron chi connectivity index (χ3n) is 2.99. The summed E-state index contributed by atoms with van der Waals surface area (Å²) in [6, 6.07) is 6.19. The van der Waals surface area contributed by atoms with Gasteiger partial charge in [-0.15, -0.1) is 0 Å². The lowest BCUT2D eigenvalue weighted by Crippen LogP contribution is -2.22. The molecule has 0 amide bonds. The standard InChI is InChI=1S/C15H24N2O2/c1-6-19-15(18)12(3)10-16-13-8-7-11(2)14(9-13)17(4)5/h7-9,12,16H,6,10H2,1-5H3. The van der Waals surface area contributed by atoms with Crippen LogP contribution in [0.4, 0.5) is 11.4 Å². The van der Waals surface area contributed by atoms with Crippen molar-refractivity contribution >= 4 is 17.3 Å². The second-order valence-electron chi connectivity index (χ2n) is 4.93. The molecular weight excluding hydrogens is 240 g/mol. The number of carbonyl (C=O) groups is 1. The van der Waals surface area contributed by atoms with Gasteiger partial charge in [0, 0.05) is 32.0 Å². The molecule has 0 aliphatic rings. The van der Waals surface area contributed by atoms with E-state index in [9.17, 15) is 4.79 Å². The highest BCUT2D eigenvalue weighted by Crippen LogP contribution is 2.22. The highest BCUT2D eigenvalue weighted by Gasteiger charge is 2.13. The van der Waals surface area contributed by atoms with Crippen molar-refractivity contribution in [3.63, 3.8) is 0 Å². The van der Waals surface area contributed by atoms with E-state index in [1.807, 2.05) is 34.0 Å². The van der Waals surface area contributed by atoms with E-state index >= 15 is 0 Å². The van der Waals surface area contributed by atoms with Crippen LogP contribution in [0.15, 0.2) is 18.2 Å². The van der Waals surface area contributed by atoms with Crippen LogP contribution in [0.2, 0.25) is 0 Å². The molecule has 1 atom stereocenters. The molecule has 0 saturated heterocycles. The van der Waals surface area contributed by atoms with Gasteiger partial charge in [-0.25, -0.2) is 0 Å². The topological polar surface area (TPSA) is 41.6 Å². The van der Waals surface area contributed by atoms with Gasteiger partial charge < -0.3 is 15.0 Å². The van der Waals surface area contributed by atoms with Gasteiger partial charge in [-0.2, -0.15) is 0 Å². The molecule has 1 aromatic carbocycles. The first-order valence-corrected chi connectivity index (χ1v) is 6.64. The van der Waals surface area contributed by atoms with Crippen LogP contribution in [-0.2, 0) is 9.53 Å². The largest absolute Gasteiger partial charge is 0.466 e. The molecule has 0 aromatic heterocycles. The lowest BCUT2D eigenvalue weighted by atomic mass is 10.1. The zero-order chi connectivity index (χ0) is 14.4. The number of rotatable bonds is 6. The molecule has 1 unspecified atom stereocenters. The predicted molar refractivity (Wildman–Crippen MR) is 79.8 cm³/mol. The van der Waals surface area contributed by atoms with Gasteiger partial charge in [0.25, 0.3) is 0 Å². The Bertz CT molecular complexity index is 430. The van der Waals surface area contributed by atoms with Gasteiger partial charge in [-0.05, 0) is 31.5 Å².